The Morgan fingerprint density at radius 1 is 0.648 bits per heavy atom. The van der Waals surface area contributed by atoms with Gasteiger partial charge in [-0.25, -0.2) is 10.9 Å². The minimum absolute atomic E-state index is 0.0159. The number of ketones is 4. The molecular weight excluding hydrogens is 1390 g/mol. The van der Waals surface area contributed by atoms with E-state index in [0.29, 0.717) is 44.9 Å². The predicted octanol–water partition coefficient (Wildman–Crippen LogP) is 5.85. The van der Waals surface area contributed by atoms with Crippen LogP contribution in [0.15, 0.2) is 17.1 Å². The fraction of sp³-hybridized carbons (Fsp3) is 0.787. The van der Waals surface area contributed by atoms with Gasteiger partial charge in [-0.3, -0.25) is 67.3 Å². The Labute approximate surface area is 636 Å². The SMILES string of the molecule is CCCC[C@@H](CCSC)C(=O)NC.CC[C@H](C)[C@@H]1NN[C@](C)(C(=O)C[C@@H](CCSC)C(C)=O)CCC/C=C\CCCC(C)(C)C(=O)N[C@@H](CC(C)C)C(=O)N[C@@H](C(C)C)C(=O)C1=O.CC[C@H](C)[C@H](NC(=O)[C@H](CCCN=C(N)N)NC(=O)C(CC(=O)O)NC(=O)[C@H](CC(C)C)NC(=O)C(C)NC)C(N)=O. The molecule has 1 heterocycles. The highest BCUT2D eigenvalue weighted by molar-refractivity contribution is 7.98. The van der Waals surface area contributed by atoms with Gasteiger partial charge >= 0.3 is 5.97 Å². The Balaban J connectivity index is 0. The van der Waals surface area contributed by atoms with Crippen LogP contribution in [0.2, 0.25) is 0 Å². The Hall–Kier alpha value is -6.50. The van der Waals surface area contributed by atoms with Gasteiger partial charge < -0.3 is 64.8 Å². The molecule has 1 rings (SSSR count). The van der Waals surface area contributed by atoms with Crippen LogP contribution >= 0.6 is 23.5 Å². The van der Waals surface area contributed by atoms with E-state index in [9.17, 15) is 67.4 Å². The summed E-state index contributed by atoms with van der Waals surface area (Å²) in [5.74, 6) is -6.55. The van der Waals surface area contributed by atoms with Crippen LogP contribution in [0, 0.1) is 46.8 Å². The number of carboxylic acids is 1. The number of guanidine groups is 1. The summed E-state index contributed by atoms with van der Waals surface area (Å²) < 4.78 is 0. The third-order valence-corrected chi connectivity index (χ3v) is 20.2. The molecule has 0 aromatic rings. The average Bonchev–Trinajstić information content (AvgIpc) is 1.13. The molecule has 2 unspecified atom stereocenters. The van der Waals surface area contributed by atoms with Crippen molar-refractivity contribution in [2.75, 3.05) is 44.7 Å². The van der Waals surface area contributed by atoms with E-state index < -0.39 is 131 Å². The molecule has 604 valence electrons. The molecule has 0 saturated heterocycles. The number of aliphatic carboxylic acids is 1. The first kappa shape index (κ1) is 101. The number of unbranched alkanes of at least 4 members (excludes halogenated alkanes) is 1. The first-order valence-electron chi connectivity index (χ1n) is 37.7. The molecule has 8 amide bonds. The molecule has 17 N–H and O–H groups in total. The van der Waals surface area contributed by atoms with Crippen LogP contribution in [0.3, 0.4) is 0 Å². The second-order valence-corrected chi connectivity index (χ2v) is 31.8. The number of nitrogens with two attached hydrogens (primary N) is 3. The molecule has 1 aliphatic rings. The summed E-state index contributed by atoms with van der Waals surface area (Å²) in [4.78, 5) is 172. The molecular formula is C75H138N14O14S2. The van der Waals surface area contributed by atoms with Crippen molar-refractivity contribution in [3.8, 4) is 0 Å². The summed E-state index contributed by atoms with van der Waals surface area (Å²) in [6.07, 6.45) is 18.5. The monoisotopic (exact) mass is 1520 g/mol. The van der Waals surface area contributed by atoms with Crippen LogP contribution in [-0.2, 0) is 62.3 Å². The third-order valence-electron chi connectivity index (χ3n) is 18.9. The van der Waals surface area contributed by atoms with Crippen LogP contribution in [0.4, 0.5) is 0 Å². The van der Waals surface area contributed by atoms with Crippen molar-refractivity contribution in [3.63, 3.8) is 0 Å². The lowest BCUT2D eigenvalue weighted by atomic mass is 9.83. The molecule has 0 aliphatic carbocycles. The van der Waals surface area contributed by atoms with Crippen LogP contribution in [0.5, 0.6) is 0 Å². The Kier molecular flexibility index (Phi) is 51.8. The van der Waals surface area contributed by atoms with Crippen molar-refractivity contribution >= 4 is 106 Å². The summed E-state index contributed by atoms with van der Waals surface area (Å²) in [6, 6.07) is -8.46. The quantitative estimate of drug-likeness (QED) is 0.0113. The summed E-state index contributed by atoms with van der Waals surface area (Å²) in [5.41, 5.74) is 20.6. The number of carbonyl (C=O) groups excluding carboxylic acids is 12. The maximum atomic E-state index is 14.0. The van der Waals surface area contributed by atoms with E-state index in [0.717, 1.165) is 50.0 Å². The summed E-state index contributed by atoms with van der Waals surface area (Å²) in [5, 5.41) is 30.7. The molecule has 0 fully saturated rings. The normalized spacial score (nSPS) is 20.6. The zero-order chi connectivity index (χ0) is 80.9. The molecule has 28 nitrogen and oxygen atoms in total. The van der Waals surface area contributed by atoms with E-state index in [1.807, 2.05) is 80.3 Å². The number of hydrogen-bond donors (Lipinski definition) is 14. The lowest BCUT2D eigenvalue weighted by molar-refractivity contribution is -0.142. The van der Waals surface area contributed by atoms with Crippen molar-refractivity contribution in [2.45, 2.75) is 287 Å². The van der Waals surface area contributed by atoms with E-state index in [2.05, 4.69) is 83.7 Å². The van der Waals surface area contributed by atoms with Crippen molar-refractivity contribution in [1.29, 1.82) is 0 Å². The number of hydrogen-bond acceptors (Lipinski definition) is 19. The number of allylic oxidation sites excluding steroid dienone is 2. The Morgan fingerprint density at radius 3 is 1.68 bits per heavy atom. The van der Waals surface area contributed by atoms with E-state index in [1.54, 1.807) is 60.5 Å². The zero-order valence-corrected chi connectivity index (χ0v) is 68.8. The standard InChI is InChI=1S/C39H68N4O6S.C26H49N9O7.C10H21NOS/c1-12-27(6)33-35(47)34(46)32(26(4)5)41-36(48)30(23-25(2)3)40-37(49)38(8,9)20-17-15-13-14-16-18-21-39(10,43-42-33)31(45)24-29(28(7)44)19-22-50-11;1-7-14(4)20(21(27)38)35-23(40)16(9-8-10-31-26(28)29)32-25(42)18(12-19(36)37)34-24(41)17(11-13(2)3)33-22(39)15(5)30-6;1-4-5-6-9(7-8-13-3)10(12)11-2/h13-14,25-27,29-30,32-33,42-43H,12,15-24H2,1-11H3,(H,40,49)(H,41,48);13-18,20,30H,7-12H2,1-6H3,(H2,27,38)(H,32,42)(H,33,39)(H,34,41)(H,35,40)(H,36,37)(H4,28,29,31);9H,4-8H2,1-3H3,(H,11,12)/b14-13-;;/t27-,29+,30-,32-,33-,39-;14-,15?,16-,17-,18?,20-;9-/m000/s1. The molecule has 0 spiro atoms. The number of Topliss-reactive ketones (excluding diaryl/α,β-unsaturated/α-hetero) is 4. The van der Waals surface area contributed by atoms with Gasteiger partial charge in [0.25, 0.3) is 0 Å². The number of primary amides is 1. The third kappa shape index (κ3) is 40.9. The number of nitrogens with one attached hydrogen (secondary N) is 10. The topological polar surface area (TPSA) is 453 Å². The van der Waals surface area contributed by atoms with Gasteiger partial charge in [0.1, 0.15) is 36.0 Å². The number of thioether (sulfide) groups is 2. The number of aliphatic imine (C=N–C) groups is 1. The Bertz CT molecular complexity index is 2780. The molecule has 105 heavy (non-hydrogen) atoms. The number of hydrazine groups is 1. The number of likely N-dealkylation sites (N-methyl/N-ethyl adjacent to an activating group) is 1. The summed E-state index contributed by atoms with van der Waals surface area (Å²) in [7, 11) is 3.30. The van der Waals surface area contributed by atoms with Gasteiger partial charge in [-0.15, -0.1) is 0 Å². The van der Waals surface area contributed by atoms with Crippen LogP contribution < -0.4 is 70.6 Å². The van der Waals surface area contributed by atoms with Gasteiger partial charge in [-0.2, -0.15) is 23.5 Å². The van der Waals surface area contributed by atoms with Crippen molar-refractivity contribution in [3.05, 3.63) is 12.2 Å². The van der Waals surface area contributed by atoms with Gasteiger partial charge in [-0.05, 0) is 165 Å². The summed E-state index contributed by atoms with van der Waals surface area (Å²) in [6.45, 7) is 29.4. The lowest BCUT2D eigenvalue weighted by Crippen LogP contribution is -2.63. The highest BCUT2D eigenvalue weighted by Crippen LogP contribution is 2.27. The lowest BCUT2D eigenvalue weighted by Gasteiger charge is -2.35. The first-order valence-corrected chi connectivity index (χ1v) is 40.4. The van der Waals surface area contributed by atoms with Crippen molar-refractivity contribution < 1.29 is 67.4 Å². The van der Waals surface area contributed by atoms with Gasteiger partial charge in [0.2, 0.25) is 58.8 Å². The fourth-order valence-electron chi connectivity index (χ4n) is 11.2. The van der Waals surface area contributed by atoms with Crippen LogP contribution in [0.1, 0.15) is 233 Å². The number of carboxylic acid groups (broad SMARTS) is 1. The van der Waals surface area contributed by atoms with E-state index in [1.165, 1.54) is 13.3 Å². The van der Waals surface area contributed by atoms with Gasteiger partial charge in [0, 0.05) is 37.3 Å². The van der Waals surface area contributed by atoms with Crippen molar-refractivity contribution in [2.24, 2.45) is 69.0 Å². The minimum atomic E-state index is -1.59. The van der Waals surface area contributed by atoms with E-state index in [-0.39, 0.29) is 91.2 Å². The number of amides is 8. The maximum Gasteiger partial charge on any atom is 0.305 e. The summed E-state index contributed by atoms with van der Waals surface area (Å²) >= 11 is 3.45. The van der Waals surface area contributed by atoms with Gasteiger partial charge in [0.15, 0.2) is 11.7 Å². The zero-order valence-electron chi connectivity index (χ0n) is 67.1. The second kappa shape index (κ2) is 54.1. The molecule has 0 radical (unpaired) electrons. The predicted molar refractivity (Wildman–Crippen MR) is 420 cm³/mol. The smallest absolute Gasteiger partial charge is 0.305 e. The highest BCUT2D eigenvalue weighted by Gasteiger charge is 2.42. The molecule has 0 aromatic carbocycles. The first-order chi connectivity index (χ1) is 49.1. The van der Waals surface area contributed by atoms with Crippen molar-refractivity contribution in [1.82, 2.24) is 53.4 Å². The molecule has 1 aliphatic heterocycles. The molecule has 30 heteroatoms. The molecule has 0 aromatic heterocycles. The van der Waals surface area contributed by atoms with Crippen LogP contribution in [0.25, 0.3) is 0 Å². The second-order valence-electron chi connectivity index (χ2n) is 29.8. The molecule has 0 bridgehead atoms. The molecule has 0 saturated carbocycles. The van der Waals surface area contributed by atoms with E-state index >= 15 is 0 Å². The van der Waals surface area contributed by atoms with Gasteiger partial charge in [-0.1, -0.05) is 128 Å². The highest BCUT2D eigenvalue weighted by atomic mass is 32.2. The van der Waals surface area contributed by atoms with E-state index in [4.69, 9.17) is 17.2 Å². The fourth-order valence-corrected chi connectivity index (χ4v) is 12.3. The largest absolute Gasteiger partial charge is 0.481 e. The number of carbonyl (C=O) groups is 13. The maximum absolute atomic E-state index is 14.0. The molecule has 13 atom stereocenters. The average molecular weight is 1520 g/mol. The minimum Gasteiger partial charge on any atom is -0.481 e. The van der Waals surface area contributed by atoms with Crippen LogP contribution in [-0.4, -0.2) is 186 Å². The number of rotatable bonds is 39. The number of nitrogens with zero attached hydrogens (tertiary/aromatic N) is 1. The van der Waals surface area contributed by atoms with Gasteiger partial charge in [0.05, 0.1) is 30.1 Å². The Morgan fingerprint density at radius 2 is 1.19 bits per heavy atom.